The van der Waals surface area contributed by atoms with E-state index in [4.69, 9.17) is 0 Å². The molecule has 2 rings (SSSR count). The van der Waals surface area contributed by atoms with Crippen LogP contribution in [0.2, 0.25) is 0 Å². The lowest BCUT2D eigenvalue weighted by atomic mass is 9.98. The van der Waals surface area contributed by atoms with E-state index in [0.717, 1.165) is 0 Å². The van der Waals surface area contributed by atoms with Gasteiger partial charge in [0.15, 0.2) is 0 Å². The van der Waals surface area contributed by atoms with E-state index in [9.17, 15) is 0 Å². The van der Waals surface area contributed by atoms with Gasteiger partial charge in [-0.25, -0.2) is 0 Å². The number of hydrogen-bond donors (Lipinski definition) is 0. The van der Waals surface area contributed by atoms with Crippen molar-refractivity contribution in [2.24, 2.45) is 0 Å². The molecule has 0 nitrogen and oxygen atoms in total. The molecule has 0 aliphatic rings. The largest absolute Gasteiger partial charge is 0.145 e. The highest BCUT2D eigenvalue weighted by Gasteiger charge is 2.16. The maximum Gasteiger partial charge on any atom is 0.0108 e. The first-order valence-electron chi connectivity index (χ1n) is 11.1. The molecule has 0 bridgehead atoms. The topological polar surface area (TPSA) is 0 Å². The summed E-state index contributed by atoms with van der Waals surface area (Å²) in [6, 6.07) is 4.82. The van der Waals surface area contributed by atoms with Crippen molar-refractivity contribution < 1.29 is 0 Å². The zero-order valence-electron chi connectivity index (χ0n) is 20.4. The first-order chi connectivity index (χ1) is 12.9. The average Bonchev–Trinajstić information content (AvgIpc) is 3.20. The lowest BCUT2D eigenvalue weighted by Crippen LogP contribution is -1.92. The maximum atomic E-state index is 2.41. The van der Waals surface area contributed by atoms with E-state index in [1.54, 1.807) is 20.9 Å². The highest BCUT2D eigenvalue weighted by atomic mass is 32.1. The molecule has 2 heterocycles. The minimum atomic E-state index is 0.663. The predicted octanol–water partition coefficient (Wildman–Crippen LogP) is 10.2. The number of hydrogen-bond acceptors (Lipinski definition) is 2. The molecular weight excluding hydrogens is 376 g/mol. The van der Waals surface area contributed by atoms with Gasteiger partial charge in [0.05, 0.1) is 0 Å². The van der Waals surface area contributed by atoms with E-state index in [0.29, 0.717) is 35.5 Å². The first-order valence-corrected chi connectivity index (χ1v) is 12.8. The van der Waals surface area contributed by atoms with Crippen LogP contribution in [0.25, 0.3) is 0 Å². The second kappa shape index (κ2) is 11.0. The van der Waals surface area contributed by atoms with Crippen LogP contribution in [0.1, 0.15) is 149 Å². The predicted molar refractivity (Wildman–Crippen MR) is 133 cm³/mol. The molecule has 0 aliphatic heterocycles. The third-order valence-corrected chi connectivity index (χ3v) is 8.55. The molecule has 0 N–H and O–H groups in total. The summed E-state index contributed by atoms with van der Waals surface area (Å²) in [5.41, 5.74) is 3.13. The van der Waals surface area contributed by atoms with Gasteiger partial charge in [0.2, 0.25) is 0 Å². The lowest BCUT2D eigenvalue weighted by Gasteiger charge is -2.08. The molecule has 0 aliphatic carbocycles. The van der Waals surface area contributed by atoms with E-state index >= 15 is 0 Å². The summed E-state index contributed by atoms with van der Waals surface area (Å²) in [6.07, 6.45) is 0. The summed E-state index contributed by atoms with van der Waals surface area (Å²) in [4.78, 5) is 6.25. The van der Waals surface area contributed by atoms with Gasteiger partial charge in [0, 0.05) is 19.5 Å². The first kappa shape index (κ1) is 25.4. The van der Waals surface area contributed by atoms with Crippen molar-refractivity contribution >= 4 is 22.7 Å². The number of rotatable bonds is 6. The second-order valence-electron chi connectivity index (χ2n) is 9.86. The fourth-order valence-electron chi connectivity index (χ4n) is 3.25. The zero-order valence-corrected chi connectivity index (χ0v) is 22.1. The summed E-state index contributed by atoms with van der Waals surface area (Å²) in [6.45, 7) is 27.4. The summed E-state index contributed by atoms with van der Waals surface area (Å²) in [5.74, 6) is 4.01. The maximum absolute atomic E-state index is 2.41. The van der Waals surface area contributed by atoms with Crippen molar-refractivity contribution in [1.29, 1.82) is 0 Å². The minimum Gasteiger partial charge on any atom is -0.145 e. The van der Waals surface area contributed by atoms with Crippen molar-refractivity contribution in [2.45, 2.75) is 119 Å². The zero-order chi connectivity index (χ0) is 21.8. The standard InChI is InChI=1S/2C13H22S/c2*1-8(2)11-7-12(9(3)4)14-13(11)10(5)6/h2*7-10H,1-6H3. The third-order valence-electron chi connectivity index (χ3n) is 5.05. The van der Waals surface area contributed by atoms with Gasteiger partial charge >= 0.3 is 0 Å². The van der Waals surface area contributed by atoms with Gasteiger partial charge < -0.3 is 0 Å². The molecular formula is C26H44S2. The Kier molecular flexibility index (Phi) is 9.97. The summed E-state index contributed by atoms with van der Waals surface area (Å²) < 4.78 is 0. The highest BCUT2D eigenvalue weighted by molar-refractivity contribution is 7.12. The summed E-state index contributed by atoms with van der Waals surface area (Å²) in [5, 5.41) is 0. The van der Waals surface area contributed by atoms with Gasteiger partial charge in [0.25, 0.3) is 0 Å². The van der Waals surface area contributed by atoms with Crippen molar-refractivity contribution in [3.63, 3.8) is 0 Å². The molecule has 0 atom stereocenters. The van der Waals surface area contributed by atoms with Crippen molar-refractivity contribution in [1.82, 2.24) is 0 Å². The lowest BCUT2D eigenvalue weighted by molar-refractivity contribution is 0.807. The van der Waals surface area contributed by atoms with Crippen LogP contribution in [-0.4, -0.2) is 0 Å². The summed E-state index contributed by atoms with van der Waals surface area (Å²) >= 11 is 4.01. The number of thiophene rings is 2. The quantitative estimate of drug-likeness (QED) is 0.436. The van der Waals surface area contributed by atoms with Crippen molar-refractivity contribution in [3.8, 4) is 0 Å². The van der Waals surface area contributed by atoms with Crippen LogP contribution in [0.15, 0.2) is 12.1 Å². The Bertz CT molecular complexity index is 596. The molecule has 0 spiro atoms. The average molecular weight is 421 g/mol. The van der Waals surface area contributed by atoms with Gasteiger partial charge in [-0.2, -0.15) is 0 Å². The molecule has 0 saturated carbocycles. The minimum absolute atomic E-state index is 0.663. The molecule has 28 heavy (non-hydrogen) atoms. The van der Waals surface area contributed by atoms with E-state index in [2.05, 4.69) is 95.2 Å². The van der Waals surface area contributed by atoms with E-state index in [1.807, 2.05) is 22.7 Å². The Labute approximate surface area is 183 Å². The SMILES string of the molecule is CC(C)c1cc(C(C)C)c(C(C)C)s1.CC(C)c1cc(C(C)C)c(C(C)C)s1. The molecule has 0 saturated heterocycles. The Morgan fingerprint density at radius 2 is 0.714 bits per heavy atom. The van der Waals surface area contributed by atoms with Crippen LogP contribution in [-0.2, 0) is 0 Å². The summed E-state index contributed by atoms with van der Waals surface area (Å²) in [7, 11) is 0. The fraction of sp³-hybridized carbons (Fsp3) is 0.692. The molecule has 2 heteroatoms. The fourth-order valence-corrected chi connectivity index (χ4v) is 5.90. The molecule has 0 fully saturated rings. The molecule has 0 unspecified atom stereocenters. The molecule has 0 aromatic carbocycles. The smallest absolute Gasteiger partial charge is 0.0108 e. The monoisotopic (exact) mass is 420 g/mol. The molecule has 2 aromatic heterocycles. The second-order valence-corrected chi connectivity index (χ2v) is 12.1. The van der Waals surface area contributed by atoms with E-state index in [-0.39, 0.29) is 0 Å². The molecule has 0 radical (unpaired) electrons. The molecule has 0 amide bonds. The van der Waals surface area contributed by atoms with Gasteiger partial charge in [-0.1, -0.05) is 83.1 Å². The van der Waals surface area contributed by atoms with Crippen LogP contribution in [0.5, 0.6) is 0 Å². The van der Waals surface area contributed by atoms with Crippen LogP contribution in [0.3, 0.4) is 0 Å². The molecule has 160 valence electrons. The Morgan fingerprint density at radius 1 is 0.429 bits per heavy atom. The Balaban J connectivity index is 0.000000280. The van der Waals surface area contributed by atoms with Crippen LogP contribution >= 0.6 is 22.7 Å². The third kappa shape index (κ3) is 6.73. The van der Waals surface area contributed by atoms with Gasteiger partial charge in [-0.15, -0.1) is 22.7 Å². The van der Waals surface area contributed by atoms with Crippen molar-refractivity contribution in [3.05, 3.63) is 42.8 Å². The van der Waals surface area contributed by atoms with Gasteiger partial charge in [0.1, 0.15) is 0 Å². The Hall–Kier alpha value is -0.600. The van der Waals surface area contributed by atoms with Crippen LogP contribution < -0.4 is 0 Å². The van der Waals surface area contributed by atoms with Crippen molar-refractivity contribution in [2.75, 3.05) is 0 Å². The Morgan fingerprint density at radius 3 is 0.857 bits per heavy atom. The van der Waals surface area contributed by atoms with Gasteiger partial charge in [-0.3, -0.25) is 0 Å². The van der Waals surface area contributed by atoms with E-state index in [1.165, 1.54) is 9.75 Å². The van der Waals surface area contributed by atoms with E-state index < -0.39 is 0 Å². The molecule has 2 aromatic rings. The highest BCUT2D eigenvalue weighted by Crippen LogP contribution is 2.38. The van der Waals surface area contributed by atoms with Gasteiger partial charge in [-0.05, 0) is 58.8 Å². The normalized spacial score (nSPS) is 12.1. The van der Waals surface area contributed by atoms with Crippen LogP contribution in [0, 0.1) is 0 Å². The van der Waals surface area contributed by atoms with Crippen LogP contribution in [0.4, 0.5) is 0 Å².